The minimum atomic E-state index is -0.873. The van der Waals surface area contributed by atoms with E-state index in [0.717, 1.165) is 24.8 Å². The standard InChI is InChI=1S/C9H14N4O3S/c1-6-7(2-3-16-6)4-13-9(10-11-12-13)17-5-8(14)15/h6-7H,2-5H2,1H3,(H,14,15). The average Bonchev–Trinajstić information content (AvgIpc) is 2.87. The van der Waals surface area contributed by atoms with Crippen LogP contribution in [0.2, 0.25) is 0 Å². The number of hydrogen-bond donors (Lipinski definition) is 1. The van der Waals surface area contributed by atoms with Gasteiger partial charge in [-0.1, -0.05) is 11.8 Å². The molecule has 2 unspecified atom stereocenters. The molecule has 0 aliphatic carbocycles. The fourth-order valence-corrected chi connectivity index (χ4v) is 2.39. The molecule has 94 valence electrons. The van der Waals surface area contributed by atoms with Crippen molar-refractivity contribution < 1.29 is 14.6 Å². The molecule has 0 saturated carbocycles. The number of ether oxygens (including phenoxy) is 1. The van der Waals surface area contributed by atoms with Crippen LogP contribution in [0.3, 0.4) is 0 Å². The summed E-state index contributed by atoms with van der Waals surface area (Å²) in [6.45, 7) is 3.48. The van der Waals surface area contributed by atoms with Crippen molar-refractivity contribution in [2.24, 2.45) is 5.92 Å². The molecule has 0 spiro atoms. The maximum atomic E-state index is 10.5. The second kappa shape index (κ2) is 5.46. The lowest BCUT2D eigenvalue weighted by molar-refractivity contribution is -0.133. The van der Waals surface area contributed by atoms with Crippen LogP contribution in [0, 0.1) is 5.92 Å². The van der Waals surface area contributed by atoms with Gasteiger partial charge in [0.1, 0.15) is 0 Å². The van der Waals surface area contributed by atoms with Gasteiger partial charge in [-0.3, -0.25) is 4.79 Å². The SMILES string of the molecule is CC1OCCC1Cn1nnnc1SCC(=O)O. The van der Waals surface area contributed by atoms with Gasteiger partial charge in [-0.15, -0.1) is 5.10 Å². The Morgan fingerprint density at radius 1 is 1.71 bits per heavy atom. The molecule has 2 rings (SSSR count). The van der Waals surface area contributed by atoms with Crippen LogP contribution in [-0.4, -0.2) is 49.7 Å². The summed E-state index contributed by atoms with van der Waals surface area (Å²) in [5, 5.41) is 20.4. The molecule has 8 heteroatoms. The second-order valence-corrected chi connectivity index (χ2v) is 4.89. The number of hydrogen-bond acceptors (Lipinski definition) is 6. The summed E-state index contributed by atoms with van der Waals surface area (Å²) in [4.78, 5) is 10.5. The van der Waals surface area contributed by atoms with Crippen molar-refractivity contribution in [1.29, 1.82) is 0 Å². The van der Waals surface area contributed by atoms with Crippen molar-refractivity contribution >= 4 is 17.7 Å². The summed E-state index contributed by atoms with van der Waals surface area (Å²) in [5.41, 5.74) is 0. The predicted molar refractivity (Wildman–Crippen MR) is 59.7 cm³/mol. The smallest absolute Gasteiger partial charge is 0.313 e. The third-order valence-electron chi connectivity index (χ3n) is 2.76. The molecular formula is C9H14N4O3S. The Bertz CT molecular complexity index is 397. The van der Waals surface area contributed by atoms with E-state index >= 15 is 0 Å². The van der Waals surface area contributed by atoms with Gasteiger partial charge in [0, 0.05) is 12.5 Å². The van der Waals surface area contributed by atoms with Crippen molar-refractivity contribution in [1.82, 2.24) is 20.2 Å². The topological polar surface area (TPSA) is 90.1 Å². The number of nitrogens with zero attached hydrogens (tertiary/aromatic N) is 4. The van der Waals surface area contributed by atoms with Gasteiger partial charge in [-0.25, -0.2) is 4.68 Å². The van der Waals surface area contributed by atoms with Gasteiger partial charge >= 0.3 is 5.97 Å². The van der Waals surface area contributed by atoms with Crippen LogP contribution in [0.1, 0.15) is 13.3 Å². The molecule has 1 aliphatic rings. The number of carboxylic acid groups (broad SMARTS) is 1. The first-order valence-electron chi connectivity index (χ1n) is 5.39. The Morgan fingerprint density at radius 2 is 2.53 bits per heavy atom. The lowest BCUT2D eigenvalue weighted by Gasteiger charge is -2.13. The van der Waals surface area contributed by atoms with Crippen LogP contribution in [0.15, 0.2) is 5.16 Å². The van der Waals surface area contributed by atoms with E-state index in [1.54, 1.807) is 4.68 Å². The highest BCUT2D eigenvalue weighted by atomic mass is 32.2. The van der Waals surface area contributed by atoms with Crippen molar-refractivity contribution in [3.05, 3.63) is 0 Å². The second-order valence-electron chi connectivity index (χ2n) is 3.95. The van der Waals surface area contributed by atoms with Crippen molar-refractivity contribution in [3.63, 3.8) is 0 Å². The lowest BCUT2D eigenvalue weighted by Crippen LogP contribution is -2.19. The number of thioether (sulfide) groups is 1. The van der Waals surface area contributed by atoms with Gasteiger partial charge in [0.05, 0.1) is 18.4 Å². The van der Waals surface area contributed by atoms with E-state index in [4.69, 9.17) is 9.84 Å². The minimum absolute atomic E-state index is 0.0307. The van der Waals surface area contributed by atoms with Gasteiger partial charge in [-0.2, -0.15) is 0 Å². The number of tetrazole rings is 1. The Labute approximate surface area is 103 Å². The van der Waals surface area contributed by atoms with Gasteiger partial charge in [0.15, 0.2) is 0 Å². The number of aliphatic carboxylic acids is 1. The highest BCUT2D eigenvalue weighted by molar-refractivity contribution is 7.99. The molecular weight excluding hydrogens is 244 g/mol. The van der Waals surface area contributed by atoms with Crippen LogP contribution >= 0.6 is 11.8 Å². The molecule has 0 aromatic carbocycles. The van der Waals surface area contributed by atoms with Crippen LogP contribution in [0.4, 0.5) is 0 Å². The summed E-state index contributed by atoms with van der Waals surface area (Å²) < 4.78 is 7.13. The first-order valence-corrected chi connectivity index (χ1v) is 6.37. The van der Waals surface area contributed by atoms with E-state index in [-0.39, 0.29) is 11.9 Å². The van der Waals surface area contributed by atoms with Gasteiger partial charge in [-0.05, 0) is 23.8 Å². The summed E-state index contributed by atoms with van der Waals surface area (Å²) in [6, 6.07) is 0. The first kappa shape index (κ1) is 12.3. The lowest BCUT2D eigenvalue weighted by atomic mass is 10.0. The molecule has 0 radical (unpaired) electrons. The molecule has 1 N–H and O–H groups in total. The maximum absolute atomic E-state index is 10.5. The van der Waals surface area contributed by atoms with Crippen LogP contribution in [0.25, 0.3) is 0 Å². The maximum Gasteiger partial charge on any atom is 0.313 e. The molecule has 1 fully saturated rings. The summed E-state index contributed by atoms with van der Waals surface area (Å²) in [5.74, 6) is -0.512. The Morgan fingerprint density at radius 3 is 3.18 bits per heavy atom. The molecule has 0 bridgehead atoms. The minimum Gasteiger partial charge on any atom is -0.481 e. The van der Waals surface area contributed by atoms with E-state index in [1.807, 2.05) is 6.92 Å². The Hall–Kier alpha value is -1.15. The zero-order valence-electron chi connectivity index (χ0n) is 9.44. The third kappa shape index (κ3) is 3.16. The molecule has 1 aromatic rings. The highest BCUT2D eigenvalue weighted by Crippen LogP contribution is 2.23. The first-order chi connectivity index (χ1) is 8.16. The molecule has 0 amide bonds. The van der Waals surface area contributed by atoms with Gasteiger partial charge in [0.25, 0.3) is 0 Å². The van der Waals surface area contributed by atoms with E-state index in [1.165, 1.54) is 0 Å². The van der Waals surface area contributed by atoms with E-state index < -0.39 is 5.97 Å². The molecule has 1 aliphatic heterocycles. The van der Waals surface area contributed by atoms with Crippen LogP contribution in [-0.2, 0) is 16.1 Å². The third-order valence-corrected chi connectivity index (χ3v) is 3.71. The molecule has 1 aromatic heterocycles. The Kier molecular flexibility index (Phi) is 3.95. The molecule has 17 heavy (non-hydrogen) atoms. The van der Waals surface area contributed by atoms with E-state index in [2.05, 4.69) is 15.5 Å². The molecule has 2 atom stereocenters. The number of aromatic nitrogens is 4. The van der Waals surface area contributed by atoms with Crippen molar-refractivity contribution in [2.45, 2.75) is 31.1 Å². The monoisotopic (exact) mass is 258 g/mol. The average molecular weight is 258 g/mol. The Balaban J connectivity index is 1.96. The van der Waals surface area contributed by atoms with Gasteiger partial charge in [0.2, 0.25) is 5.16 Å². The van der Waals surface area contributed by atoms with Crippen molar-refractivity contribution in [3.8, 4) is 0 Å². The molecule has 7 nitrogen and oxygen atoms in total. The van der Waals surface area contributed by atoms with Gasteiger partial charge < -0.3 is 9.84 Å². The number of carboxylic acids is 1. The fourth-order valence-electron chi connectivity index (χ4n) is 1.78. The number of carbonyl (C=O) groups is 1. The summed E-state index contributed by atoms with van der Waals surface area (Å²) in [7, 11) is 0. The molecule has 2 heterocycles. The molecule has 1 saturated heterocycles. The van der Waals surface area contributed by atoms with Crippen LogP contribution < -0.4 is 0 Å². The van der Waals surface area contributed by atoms with Crippen LogP contribution in [0.5, 0.6) is 0 Å². The normalized spacial score (nSPS) is 24.1. The van der Waals surface area contributed by atoms with E-state index in [0.29, 0.717) is 17.6 Å². The van der Waals surface area contributed by atoms with E-state index in [9.17, 15) is 4.79 Å². The fraction of sp³-hybridized carbons (Fsp3) is 0.778. The zero-order chi connectivity index (χ0) is 12.3. The predicted octanol–water partition coefficient (Wildman–Crippen LogP) is 0.275. The summed E-state index contributed by atoms with van der Waals surface area (Å²) >= 11 is 1.13. The largest absolute Gasteiger partial charge is 0.481 e. The summed E-state index contributed by atoms with van der Waals surface area (Å²) in [6.07, 6.45) is 1.20. The quantitative estimate of drug-likeness (QED) is 0.758. The zero-order valence-corrected chi connectivity index (χ0v) is 10.3. The highest BCUT2D eigenvalue weighted by Gasteiger charge is 2.26. The van der Waals surface area contributed by atoms with Crippen molar-refractivity contribution in [2.75, 3.05) is 12.4 Å². The number of rotatable bonds is 5.